The summed E-state index contributed by atoms with van der Waals surface area (Å²) in [5.41, 5.74) is 10.2. The average Bonchev–Trinajstić information content (AvgIpc) is 2.26. The smallest absolute Gasteiger partial charge is 0.451 e. The molecule has 1 saturated carbocycles. The third-order valence-corrected chi connectivity index (χ3v) is 3.79. The minimum absolute atomic E-state index is 0. The van der Waals surface area contributed by atoms with E-state index in [-0.39, 0.29) is 49.5 Å². The monoisotopic (exact) mass is 316 g/mol. The molecule has 0 saturated heterocycles. The van der Waals surface area contributed by atoms with Crippen LogP contribution in [-0.4, -0.2) is 40.3 Å². The molecule has 9 heteroatoms. The van der Waals surface area contributed by atoms with E-state index < -0.39 is 18.6 Å². The van der Waals surface area contributed by atoms with Gasteiger partial charge < -0.3 is 26.6 Å². The molecule has 0 spiro atoms. The molecule has 0 aromatic heterocycles. The number of carboxylic acid groups (broad SMARTS) is 1. The third-order valence-electron chi connectivity index (χ3n) is 3.79. The highest BCUT2D eigenvalue weighted by molar-refractivity contribution is 6.40. The Morgan fingerprint density at radius 3 is 2.32 bits per heavy atom. The van der Waals surface area contributed by atoms with Crippen LogP contribution < -0.4 is 11.5 Å². The lowest BCUT2D eigenvalue weighted by Crippen LogP contribution is -2.59. The van der Waals surface area contributed by atoms with Crippen molar-refractivity contribution in [2.45, 2.75) is 37.5 Å². The van der Waals surface area contributed by atoms with Crippen LogP contribution >= 0.6 is 24.8 Å². The number of hydrogen-bond acceptors (Lipinski definition) is 5. The second-order valence-electron chi connectivity index (χ2n) is 4.98. The lowest BCUT2D eigenvalue weighted by Gasteiger charge is -2.41. The molecule has 0 radical (unpaired) electrons. The van der Waals surface area contributed by atoms with E-state index in [0.29, 0.717) is 19.3 Å². The lowest BCUT2D eigenvalue weighted by molar-refractivity contribution is -0.147. The Hall–Kier alpha value is -0.0451. The summed E-state index contributed by atoms with van der Waals surface area (Å²) in [5.74, 6) is -1.09. The summed E-state index contributed by atoms with van der Waals surface area (Å²) < 4.78 is 0. The van der Waals surface area contributed by atoms with Crippen LogP contribution in [-0.2, 0) is 4.79 Å². The molecular weight excluding hydrogens is 294 g/mol. The molecule has 19 heavy (non-hydrogen) atoms. The lowest BCUT2D eigenvalue weighted by atomic mass is 9.66. The van der Waals surface area contributed by atoms with Crippen molar-refractivity contribution < 1.29 is 19.9 Å². The Labute approximate surface area is 125 Å². The maximum atomic E-state index is 11.2. The van der Waals surface area contributed by atoms with Gasteiger partial charge in [-0.3, -0.25) is 4.79 Å². The molecule has 0 unspecified atom stereocenters. The Morgan fingerprint density at radius 1 is 1.32 bits per heavy atom. The highest BCUT2D eigenvalue weighted by Crippen LogP contribution is 2.37. The minimum Gasteiger partial charge on any atom is -0.480 e. The average molecular weight is 317 g/mol. The van der Waals surface area contributed by atoms with Crippen molar-refractivity contribution >= 4 is 37.9 Å². The van der Waals surface area contributed by atoms with Crippen molar-refractivity contribution in [3.05, 3.63) is 0 Å². The first kappa shape index (κ1) is 21.3. The van der Waals surface area contributed by atoms with E-state index in [0.717, 1.165) is 6.42 Å². The van der Waals surface area contributed by atoms with E-state index in [1.165, 1.54) is 0 Å². The van der Waals surface area contributed by atoms with Gasteiger partial charge in [-0.15, -0.1) is 24.8 Å². The second kappa shape index (κ2) is 8.99. The topological polar surface area (TPSA) is 130 Å². The number of rotatable bonds is 5. The van der Waals surface area contributed by atoms with Crippen LogP contribution in [0.15, 0.2) is 0 Å². The molecule has 0 aromatic carbocycles. The van der Waals surface area contributed by atoms with Crippen molar-refractivity contribution in [2.24, 2.45) is 23.3 Å². The first-order valence-electron chi connectivity index (χ1n) is 5.98. The van der Waals surface area contributed by atoms with Gasteiger partial charge >= 0.3 is 13.1 Å². The molecule has 0 amide bonds. The normalized spacial score (nSPS) is 29.9. The molecule has 1 fully saturated rings. The molecule has 1 aliphatic carbocycles. The van der Waals surface area contributed by atoms with Gasteiger partial charge in [0, 0.05) is 0 Å². The van der Waals surface area contributed by atoms with E-state index in [2.05, 4.69) is 0 Å². The van der Waals surface area contributed by atoms with Crippen LogP contribution in [0.1, 0.15) is 25.7 Å². The maximum absolute atomic E-state index is 11.2. The van der Waals surface area contributed by atoms with E-state index >= 15 is 0 Å². The molecule has 7 N–H and O–H groups in total. The zero-order valence-corrected chi connectivity index (χ0v) is 12.3. The number of aliphatic carboxylic acids is 1. The second-order valence-corrected chi connectivity index (χ2v) is 4.98. The zero-order chi connectivity index (χ0) is 13.1. The SMILES string of the molecule is Cl.Cl.NC[C@@H]1CC[C@@H](CCB(O)O)C[C@]1(N)C(=O)O. The predicted octanol–water partition coefficient (Wildman–Crippen LogP) is -0.150. The molecular formula is C10H23BCl2N2O4. The molecule has 0 bridgehead atoms. The van der Waals surface area contributed by atoms with E-state index in [1.54, 1.807) is 0 Å². The van der Waals surface area contributed by atoms with Crippen molar-refractivity contribution in [2.75, 3.05) is 6.54 Å². The van der Waals surface area contributed by atoms with Gasteiger partial charge in [0.15, 0.2) is 0 Å². The molecule has 1 aliphatic rings. The van der Waals surface area contributed by atoms with Crippen LogP contribution in [0.4, 0.5) is 0 Å². The van der Waals surface area contributed by atoms with Crippen LogP contribution in [0.2, 0.25) is 6.32 Å². The predicted molar refractivity (Wildman–Crippen MR) is 78.6 cm³/mol. The van der Waals surface area contributed by atoms with Crippen molar-refractivity contribution in [1.29, 1.82) is 0 Å². The molecule has 114 valence electrons. The van der Waals surface area contributed by atoms with Gasteiger partial charge in [0.25, 0.3) is 0 Å². The standard InChI is InChI=1S/C10H21BN2O4.2ClH/c12-6-8-2-1-7(3-4-11(16)17)5-10(8,13)9(14)15;;/h7-8,16-17H,1-6,12-13H2,(H,14,15);2*1H/t7-,8-,10+;;/m0../s1. The Balaban J connectivity index is 0. The summed E-state index contributed by atoms with van der Waals surface area (Å²) in [6.45, 7) is 0.276. The van der Waals surface area contributed by atoms with Crippen LogP contribution in [0.3, 0.4) is 0 Å². The molecule has 1 rings (SSSR count). The van der Waals surface area contributed by atoms with Crippen molar-refractivity contribution in [3.8, 4) is 0 Å². The van der Waals surface area contributed by atoms with Gasteiger partial charge in [-0.2, -0.15) is 0 Å². The maximum Gasteiger partial charge on any atom is 0.451 e. The minimum atomic E-state index is -1.33. The summed E-state index contributed by atoms with van der Waals surface area (Å²) in [6.07, 6.45) is 2.73. The quantitative estimate of drug-likeness (QED) is 0.448. The number of halogens is 2. The van der Waals surface area contributed by atoms with Gasteiger partial charge in [0.05, 0.1) is 0 Å². The van der Waals surface area contributed by atoms with Gasteiger partial charge in [-0.05, 0) is 44.0 Å². The Morgan fingerprint density at radius 2 is 1.89 bits per heavy atom. The summed E-state index contributed by atoms with van der Waals surface area (Å²) in [5, 5.41) is 26.8. The van der Waals surface area contributed by atoms with Gasteiger partial charge in [-0.1, -0.05) is 6.42 Å². The fourth-order valence-corrected chi connectivity index (χ4v) is 2.66. The number of carbonyl (C=O) groups is 1. The van der Waals surface area contributed by atoms with Gasteiger partial charge in [0.1, 0.15) is 5.54 Å². The van der Waals surface area contributed by atoms with Crippen LogP contribution in [0.5, 0.6) is 0 Å². The highest BCUT2D eigenvalue weighted by atomic mass is 35.5. The molecule has 0 heterocycles. The summed E-state index contributed by atoms with van der Waals surface area (Å²) in [4.78, 5) is 11.2. The summed E-state index contributed by atoms with van der Waals surface area (Å²) in [7, 11) is -1.33. The highest BCUT2D eigenvalue weighted by Gasteiger charge is 2.46. The van der Waals surface area contributed by atoms with Crippen LogP contribution in [0.25, 0.3) is 0 Å². The van der Waals surface area contributed by atoms with Gasteiger partial charge in [-0.25, -0.2) is 0 Å². The molecule has 0 aliphatic heterocycles. The molecule has 3 atom stereocenters. The summed E-state index contributed by atoms with van der Waals surface area (Å²) in [6, 6.07) is 0. The fraction of sp³-hybridized carbons (Fsp3) is 0.900. The third kappa shape index (κ3) is 5.45. The first-order valence-corrected chi connectivity index (χ1v) is 5.98. The van der Waals surface area contributed by atoms with E-state index in [9.17, 15) is 9.90 Å². The van der Waals surface area contributed by atoms with E-state index in [1.807, 2.05) is 0 Å². The van der Waals surface area contributed by atoms with Crippen molar-refractivity contribution in [3.63, 3.8) is 0 Å². The van der Waals surface area contributed by atoms with Crippen molar-refractivity contribution in [1.82, 2.24) is 0 Å². The molecule has 6 nitrogen and oxygen atoms in total. The number of nitrogens with two attached hydrogens (primary N) is 2. The number of hydrogen-bond donors (Lipinski definition) is 5. The largest absolute Gasteiger partial charge is 0.480 e. The first-order chi connectivity index (χ1) is 7.90. The Kier molecular flexibility index (Phi) is 10.1. The number of carboxylic acids is 1. The molecule has 0 aromatic rings. The van der Waals surface area contributed by atoms with Gasteiger partial charge in [0.2, 0.25) is 0 Å². The van der Waals surface area contributed by atoms with Crippen LogP contribution in [0, 0.1) is 11.8 Å². The van der Waals surface area contributed by atoms with E-state index in [4.69, 9.17) is 21.5 Å². The summed E-state index contributed by atoms with van der Waals surface area (Å²) >= 11 is 0. The fourth-order valence-electron chi connectivity index (χ4n) is 2.66. The Bertz CT molecular complexity index is 286. The zero-order valence-electron chi connectivity index (χ0n) is 10.7.